The Morgan fingerprint density at radius 3 is 2.42 bits per heavy atom. The van der Waals surface area contributed by atoms with Crippen LogP contribution in [0.1, 0.15) is 34.7 Å². The molecule has 2 aromatic carbocycles. The second-order valence-electron chi connectivity index (χ2n) is 8.67. The third-order valence-electron chi connectivity index (χ3n) is 6.62. The van der Waals surface area contributed by atoms with Crippen molar-refractivity contribution in [1.29, 1.82) is 0 Å². The van der Waals surface area contributed by atoms with E-state index in [1.54, 1.807) is 14.2 Å². The lowest BCUT2D eigenvalue weighted by Crippen LogP contribution is -2.29. The van der Waals surface area contributed by atoms with Gasteiger partial charge in [0.25, 0.3) is 0 Å². The molecule has 0 unspecified atom stereocenters. The average Bonchev–Trinajstić information content (AvgIpc) is 3.39. The molecule has 0 amide bonds. The maximum absolute atomic E-state index is 6.39. The van der Waals surface area contributed by atoms with E-state index >= 15 is 0 Å². The second-order valence-corrected chi connectivity index (χ2v) is 9.50. The van der Waals surface area contributed by atoms with E-state index < -0.39 is 0 Å². The van der Waals surface area contributed by atoms with Crippen molar-refractivity contribution in [1.82, 2.24) is 14.9 Å². The molecule has 0 bridgehead atoms. The lowest BCUT2D eigenvalue weighted by molar-refractivity contribution is 0.412. The van der Waals surface area contributed by atoms with Crippen LogP contribution in [-0.4, -0.2) is 28.9 Å². The molecule has 5 rings (SSSR count). The first-order valence-corrected chi connectivity index (χ1v) is 12.4. The number of rotatable bonds is 6. The van der Waals surface area contributed by atoms with Crippen molar-refractivity contribution in [2.24, 2.45) is 0 Å². The van der Waals surface area contributed by atoms with E-state index in [0.717, 1.165) is 45.5 Å². The van der Waals surface area contributed by atoms with Crippen molar-refractivity contribution in [3.05, 3.63) is 101 Å². The summed E-state index contributed by atoms with van der Waals surface area (Å²) in [6.07, 6.45) is 1.81. The van der Waals surface area contributed by atoms with Gasteiger partial charge < -0.3 is 24.3 Å². The van der Waals surface area contributed by atoms with E-state index in [9.17, 15) is 0 Å². The molecule has 3 heterocycles. The van der Waals surface area contributed by atoms with Gasteiger partial charge in [-0.05, 0) is 92.3 Å². The molecule has 0 saturated carbocycles. The topological polar surface area (TPSA) is 51.5 Å². The molecule has 1 aliphatic heterocycles. The molecule has 2 atom stereocenters. The number of anilines is 1. The molecule has 1 N–H and O–H groups in total. The molecule has 0 spiro atoms. The first-order chi connectivity index (χ1) is 17.4. The molecule has 1 saturated heterocycles. The Kier molecular flexibility index (Phi) is 6.60. The maximum atomic E-state index is 6.39. The number of thiocarbonyl (C=S) groups is 1. The van der Waals surface area contributed by atoms with Gasteiger partial charge in [0.05, 0.1) is 37.7 Å². The molecule has 1 fully saturated rings. The van der Waals surface area contributed by atoms with Crippen LogP contribution in [0.4, 0.5) is 5.69 Å². The van der Waals surface area contributed by atoms with Crippen molar-refractivity contribution in [3.8, 4) is 17.2 Å². The molecule has 2 aromatic heterocycles. The first kappa shape index (κ1) is 24.2. The van der Waals surface area contributed by atoms with E-state index in [1.165, 1.54) is 0 Å². The summed E-state index contributed by atoms with van der Waals surface area (Å²) in [5.74, 6) is 1.54. The summed E-state index contributed by atoms with van der Waals surface area (Å²) in [5.41, 5.74) is 6.06. The average molecular weight is 519 g/mol. The minimum Gasteiger partial charge on any atom is -0.497 e. The van der Waals surface area contributed by atoms with Crippen LogP contribution < -0.4 is 19.7 Å². The fraction of sp³-hybridized carbons (Fsp3) is 0.214. The van der Waals surface area contributed by atoms with Crippen molar-refractivity contribution < 1.29 is 9.47 Å². The Bertz CT molecular complexity index is 1410. The summed E-state index contributed by atoms with van der Waals surface area (Å²) in [5, 5.41) is 4.82. The summed E-state index contributed by atoms with van der Waals surface area (Å²) < 4.78 is 13.2. The van der Waals surface area contributed by atoms with E-state index in [0.29, 0.717) is 10.1 Å². The Morgan fingerprint density at radius 2 is 1.75 bits per heavy atom. The largest absolute Gasteiger partial charge is 0.497 e. The normalized spacial score (nSPS) is 17.2. The molecule has 6 nitrogen and oxygen atoms in total. The summed E-state index contributed by atoms with van der Waals surface area (Å²) in [4.78, 5) is 6.83. The van der Waals surface area contributed by atoms with E-state index in [4.69, 9.17) is 33.3 Å². The van der Waals surface area contributed by atoms with Gasteiger partial charge in [-0.2, -0.15) is 0 Å². The van der Waals surface area contributed by atoms with Gasteiger partial charge in [-0.15, -0.1) is 0 Å². The molecule has 1 aliphatic rings. The second kappa shape index (κ2) is 9.84. The Labute approximate surface area is 221 Å². The Morgan fingerprint density at radius 1 is 0.972 bits per heavy atom. The fourth-order valence-electron chi connectivity index (χ4n) is 4.99. The number of hydrogen-bond acceptors (Lipinski definition) is 4. The summed E-state index contributed by atoms with van der Waals surface area (Å²) in [6, 6.07) is 21.5. The number of halogens is 1. The smallest absolute Gasteiger partial charge is 0.174 e. The summed E-state index contributed by atoms with van der Waals surface area (Å²) >= 11 is 12.3. The third kappa shape index (κ3) is 4.18. The van der Waals surface area contributed by atoms with Gasteiger partial charge in [0.15, 0.2) is 5.11 Å². The number of aryl methyl sites for hydroxylation is 1. The zero-order chi connectivity index (χ0) is 25.4. The van der Waals surface area contributed by atoms with Crippen LogP contribution in [0, 0.1) is 13.8 Å². The molecular formula is C28H27ClN4O2S. The molecule has 184 valence electrons. The van der Waals surface area contributed by atoms with Gasteiger partial charge in [0, 0.05) is 28.3 Å². The van der Waals surface area contributed by atoms with Crippen LogP contribution in [0.3, 0.4) is 0 Å². The number of benzene rings is 2. The number of methoxy groups -OCH3 is 2. The minimum atomic E-state index is -0.143. The van der Waals surface area contributed by atoms with Crippen LogP contribution in [0.5, 0.6) is 11.5 Å². The first-order valence-electron chi connectivity index (χ1n) is 11.6. The fourth-order valence-corrected chi connectivity index (χ4v) is 5.50. The number of aromatic nitrogens is 2. The standard InChI is InChI=1S/C28H27ClN4O2S/c1-17-15-22(18(2)32(17)24-16-19(29)8-13-25(24)35-4)27-26(23-7-5-6-14-30-23)31-28(36)33(27)20-9-11-21(34-3)12-10-20/h5-16,26-27H,1-4H3,(H,31,36)/t26-,27-/m1/s1. The third-order valence-corrected chi connectivity index (χ3v) is 7.17. The SMILES string of the molecule is COc1ccc(N2C(=S)N[C@H](c3ccccn3)[C@H]2c2cc(C)n(-c3cc(Cl)ccc3OC)c2C)cc1. The molecule has 0 radical (unpaired) electrons. The van der Waals surface area contributed by atoms with Gasteiger partial charge in [0.1, 0.15) is 11.5 Å². The van der Waals surface area contributed by atoms with Crippen LogP contribution in [0.25, 0.3) is 5.69 Å². The number of ether oxygens (including phenoxy) is 2. The zero-order valence-corrected chi connectivity index (χ0v) is 22.1. The molecule has 0 aliphatic carbocycles. The number of hydrogen-bond donors (Lipinski definition) is 1. The van der Waals surface area contributed by atoms with Crippen molar-refractivity contribution in [2.75, 3.05) is 19.1 Å². The molecule has 8 heteroatoms. The highest BCUT2D eigenvalue weighted by molar-refractivity contribution is 7.80. The zero-order valence-electron chi connectivity index (χ0n) is 20.5. The molecule has 36 heavy (non-hydrogen) atoms. The number of pyridine rings is 1. The van der Waals surface area contributed by atoms with Crippen LogP contribution >= 0.6 is 23.8 Å². The van der Waals surface area contributed by atoms with Crippen molar-refractivity contribution in [2.45, 2.75) is 25.9 Å². The van der Waals surface area contributed by atoms with Gasteiger partial charge in [0.2, 0.25) is 0 Å². The molecular weight excluding hydrogens is 492 g/mol. The minimum absolute atomic E-state index is 0.133. The summed E-state index contributed by atoms with van der Waals surface area (Å²) in [7, 11) is 3.33. The monoisotopic (exact) mass is 518 g/mol. The Balaban J connectivity index is 1.69. The maximum Gasteiger partial charge on any atom is 0.174 e. The number of nitrogens with zero attached hydrogens (tertiary/aromatic N) is 3. The highest BCUT2D eigenvalue weighted by Gasteiger charge is 2.42. The van der Waals surface area contributed by atoms with Gasteiger partial charge in [-0.3, -0.25) is 4.98 Å². The van der Waals surface area contributed by atoms with Crippen molar-refractivity contribution in [3.63, 3.8) is 0 Å². The molecule has 4 aromatic rings. The predicted octanol–water partition coefficient (Wildman–Crippen LogP) is 6.34. The van der Waals surface area contributed by atoms with Gasteiger partial charge in [-0.1, -0.05) is 17.7 Å². The van der Waals surface area contributed by atoms with E-state index in [2.05, 4.69) is 39.7 Å². The Hall–Kier alpha value is -3.55. The lowest BCUT2D eigenvalue weighted by Gasteiger charge is -2.28. The van der Waals surface area contributed by atoms with Crippen LogP contribution in [-0.2, 0) is 0 Å². The predicted molar refractivity (Wildman–Crippen MR) is 148 cm³/mol. The quantitative estimate of drug-likeness (QED) is 0.301. The van der Waals surface area contributed by atoms with Crippen LogP contribution in [0.2, 0.25) is 5.02 Å². The number of nitrogens with one attached hydrogen (secondary N) is 1. The van der Waals surface area contributed by atoms with Crippen molar-refractivity contribution >= 4 is 34.6 Å². The van der Waals surface area contributed by atoms with Crippen LogP contribution in [0.15, 0.2) is 72.9 Å². The van der Waals surface area contributed by atoms with Gasteiger partial charge >= 0.3 is 0 Å². The highest BCUT2D eigenvalue weighted by atomic mass is 35.5. The van der Waals surface area contributed by atoms with Gasteiger partial charge in [-0.25, -0.2) is 0 Å². The van der Waals surface area contributed by atoms with E-state index in [1.807, 2.05) is 66.9 Å². The van der Waals surface area contributed by atoms with E-state index in [-0.39, 0.29) is 12.1 Å². The summed E-state index contributed by atoms with van der Waals surface area (Å²) in [6.45, 7) is 4.21. The lowest BCUT2D eigenvalue weighted by atomic mass is 9.96. The highest BCUT2D eigenvalue weighted by Crippen LogP contribution is 2.44.